The Bertz CT molecular complexity index is 504. The highest BCUT2D eigenvalue weighted by atomic mass is 16.3. The lowest BCUT2D eigenvalue weighted by Gasteiger charge is -2.34. The van der Waals surface area contributed by atoms with Crippen molar-refractivity contribution in [1.82, 2.24) is 9.88 Å². The Morgan fingerprint density at radius 2 is 2.24 bits per heavy atom. The Kier molecular flexibility index (Phi) is 5.17. The van der Waals surface area contributed by atoms with E-state index in [1.807, 2.05) is 37.8 Å². The van der Waals surface area contributed by atoms with Gasteiger partial charge in [-0.25, -0.2) is 4.98 Å². The number of aliphatic hydroxyl groups is 1. The van der Waals surface area contributed by atoms with Gasteiger partial charge in [0, 0.05) is 30.9 Å². The van der Waals surface area contributed by atoms with Crippen LogP contribution < -0.4 is 5.32 Å². The number of carbonyl (C=O) groups excluding carboxylic acids is 1. The monoisotopic (exact) mass is 291 g/mol. The van der Waals surface area contributed by atoms with Gasteiger partial charge in [-0.2, -0.15) is 0 Å². The van der Waals surface area contributed by atoms with Crippen LogP contribution >= 0.6 is 0 Å². The van der Waals surface area contributed by atoms with E-state index in [-0.39, 0.29) is 17.9 Å². The summed E-state index contributed by atoms with van der Waals surface area (Å²) >= 11 is 0. The molecule has 2 atom stereocenters. The van der Waals surface area contributed by atoms with E-state index in [1.165, 1.54) is 0 Å². The van der Waals surface area contributed by atoms with Crippen molar-refractivity contribution in [2.75, 3.05) is 25.0 Å². The molecule has 21 heavy (non-hydrogen) atoms. The molecule has 0 bridgehead atoms. The maximum Gasteiger partial charge on any atom is 0.254 e. The summed E-state index contributed by atoms with van der Waals surface area (Å²) in [5, 5.41) is 13.0. The Balaban J connectivity index is 2.20. The predicted molar refractivity (Wildman–Crippen MR) is 83.5 cm³/mol. The first-order chi connectivity index (χ1) is 10.0. The molecule has 1 amide bonds. The number of rotatable bonds is 4. The molecule has 1 aliphatic rings. The van der Waals surface area contributed by atoms with Crippen LogP contribution in [0.2, 0.25) is 0 Å². The number of aryl methyl sites for hydroxylation is 1. The number of hydrogen-bond donors (Lipinski definition) is 2. The molecule has 0 spiro atoms. The highest BCUT2D eigenvalue weighted by Gasteiger charge is 2.28. The Morgan fingerprint density at radius 3 is 2.86 bits per heavy atom. The zero-order valence-electron chi connectivity index (χ0n) is 13.1. The molecule has 0 radical (unpaired) electrons. The lowest BCUT2D eigenvalue weighted by Crippen LogP contribution is -2.45. The molecular formula is C16H25N3O2. The van der Waals surface area contributed by atoms with Crippen molar-refractivity contribution in [1.29, 1.82) is 0 Å². The van der Waals surface area contributed by atoms with Crippen LogP contribution in [-0.4, -0.2) is 46.6 Å². The number of nitrogens with one attached hydrogen (secondary N) is 1. The van der Waals surface area contributed by atoms with Crippen molar-refractivity contribution in [2.45, 2.75) is 39.7 Å². The van der Waals surface area contributed by atoms with Gasteiger partial charge in [-0.05, 0) is 37.8 Å². The van der Waals surface area contributed by atoms with Crippen LogP contribution in [0, 0.1) is 5.92 Å². The SMILES string of the molecule is CCNc1cc(C(=O)N2CCC(O)C(C)C2)cc(CC)n1. The molecule has 1 fully saturated rings. The van der Waals surface area contributed by atoms with Gasteiger partial charge in [-0.15, -0.1) is 0 Å². The lowest BCUT2D eigenvalue weighted by atomic mass is 9.96. The molecule has 1 aliphatic heterocycles. The fourth-order valence-electron chi connectivity index (χ4n) is 2.66. The van der Waals surface area contributed by atoms with E-state index >= 15 is 0 Å². The first-order valence-corrected chi connectivity index (χ1v) is 7.77. The van der Waals surface area contributed by atoms with Gasteiger partial charge in [0.15, 0.2) is 0 Å². The molecule has 0 aromatic carbocycles. The molecule has 0 saturated carbocycles. The summed E-state index contributed by atoms with van der Waals surface area (Å²) in [5.41, 5.74) is 1.60. The third-order valence-electron chi connectivity index (χ3n) is 3.99. The van der Waals surface area contributed by atoms with Gasteiger partial charge in [0.05, 0.1) is 6.10 Å². The number of hydrogen-bond acceptors (Lipinski definition) is 4. The fraction of sp³-hybridized carbons (Fsp3) is 0.625. The number of piperidine rings is 1. The first kappa shape index (κ1) is 15.8. The van der Waals surface area contributed by atoms with Crippen molar-refractivity contribution in [3.8, 4) is 0 Å². The average Bonchev–Trinajstić information content (AvgIpc) is 2.49. The summed E-state index contributed by atoms with van der Waals surface area (Å²) < 4.78 is 0. The van der Waals surface area contributed by atoms with Crippen molar-refractivity contribution in [3.05, 3.63) is 23.4 Å². The fourth-order valence-corrected chi connectivity index (χ4v) is 2.66. The molecule has 1 saturated heterocycles. The molecule has 2 unspecified atom stereocenters. The zero-order valence-corrected chi connectivity index (χ0v) is 13.1. The van der Waals surface area contributed by atoms with Crippen LogP contribution in [0.5, 0.6) is 0 Å². The standard InChI is InChI=1S/C16H25N3O2/c1-4-13-8-12(9-15(18-13)17-5-2)16(21)19-7-6-14(20)11(3)10-19/h8-9,11,14,20H,4-7,10H2,1-3H3,(H,17,18). The molecule has 116 valence electrons. The van der Waals surface area contributed by atoms with E-state index in [2.05, 4.69) is 10.3 Å². The number of aromatic nitrogens is 1. The van der Waals surface area contributed by atoms with Crippen LogP contribution in [0.3, 0.4) is 0 Å². The van der Waals surface area contributed by atoms with E-state index in [1.54, 1.807) is 0 Å². The highest BCUT2D eigenvalue weighted by molar-refractivity contribution is 5.95. The second-order valence-electron chi connectivity index (χ2n) is 5.70. The number of anilines is 1. The summed E-state index contributed by atoms with van der Waals surface area (Å²) in [5.74, 6) is 0.915. The van der Waals surface area contributed by atoms with Gasteiger partial charge in [0.1, 0.15) is 5.82 Å². The van der Waals surface area contributed by atoms with Crippen LogP contribution in [0.1, 0.15) is 43.2 Å². The van der Waals surface area contributed by atoms with Gasteiger partial charge in [0.25, 0.3) is 5.91 Å². The molecule has 5 heteroatoms. The molecule has 1 aromatic rings. The summed E-state index contributed by atoms with van der Waals surface area (Å²) in [6.45, 7) is 8.03. The van der Waals surface area contributed by atoms with E-state index in [0.717, 1.165) is 24.5 Å². The van der Waals surface area contributed by atoms with Crippen LogP contribution in [0.25, 0.3) is 0 Å². The summed E-state index contributed by atoms with van der Waals surface area (Å²) in [7, 11) is 0. The Morgan fingerprint density at radius 1 is 1.48 bits per heavy atom. The summed E-state index contributed by atoms with van der Waals surface area (Å²) in [6.07, 6.45) is 1.16. The quantitative estimate of drug-likeness (QED) is 0.889. The average molecular weight is 291 g/mol. The number of carbonyl (C=O) groups is 1. The van der Waals surface area contributed by atoms with Crippen molar-refractivity contribution >= 4 is 11.7 Å². The van der Waals surface area contributed by atoms with Gasteiger partial charge in [-0.1, -0.05) is 13.8 Å². The van der Waals surface area contributed by atoms with Gasteiger partial charge >= 0.3 is 0 Å². The third kappa shape index (κ3) is 3.73. The second-order valence-corrected chi connectivity index (χ2v) is 5.70. The smallest absolute Gasteiger partial charge is 0.254 e. The molecular weight excluding hydrogens is 266 g/mol. The predicted octanol–water partition coefficient (Wildman–Crippen LogP) is 1.92. The minimum absolute atomic E-state index is 0.0324. The number of likely N-dealkylation sites (tertiary alicyclic amines) is 1. The maximum absolute atomic E-state index is 12.7. The van der Waals surface area contributed by atoms with Crippen molar-refractivity contribution in [2.24, 2.45) is 5.92 Å². The molecule has 0 aliphatic carbocycles. The van der Waals surface area contributed by atoms with Crippen LogP contribution in [0.4, 0.5) is 5.82 Å². The largest absolute Gasteiger partial charge is 0.393 e. The van der Waals surface area contributed by atoms with E-state index < -0.39 is 0 Å². The molecule has 5 nitrogen and oxygen atoms in total. The normalized spacial score (nSPS) is 22.2. The minimum atomic E-state index is -0.296. The van der Waals surface area contributed by atoms with Crippen LogP contribution in [-0.2, 0) is 6.42 Å². The lowest BCUT2D eigenvalue weighted by molar-refractivity contribution is 0.0297. The molecule has 2 heterocycles. The maximum atomic E-state index is 12.7. The minimum Gasteiger partial charge on any atom is -0.393 e. The Hall–Kier alpha value is -1.62. The van der Waals surface area contributed by atoms with E-state index in [4.69, 9.17) is 0 Å². The Labute approximate surface area is 126 Å². The second kappa shape index (κ2) is 6.89. The molecule has 2 N–H and O–H groups in total. The summed E-state index contributed by atoms with van der Waals surface area (Å²) in [6, 6.07) is 3.69. The molecule has 1 aromatic heterocycles. The van der Waals surface area contributed by atoms with E-state index in [9.17, 15) is 9.90 Å². The topological polar surface area (TPSA) is 65.5 Å². The number of pyridine rings is 1. The molecule has 2 rings (SSSR count). The van der Waals surface area contributed by atoms with Crippen LogP contribution in [0.15, 0.2) is 12.1 Å². The first-order valence-electron chi connectivity index (χ1n) is 7.77. The third-order valence-corrected chi connectivity index (χ3v) is 3.99. The van der Waals surface area contributed by atoms with Gasteiger partial charge < -0.3 is 15.3 Å². The van der Waals surface area contributed by atoms with Crippen molar-refractivity contribution < 1.29 is 9.90 Å². The zero-order chi connectivity index (χ0) is 15.4. The van der Waals surface area contributed by atoms with Gasteiger partial charge in [-0.3, -0.25) is 4.79 Å². The number of nitrogens with zero attached hydrogens (tertiary/aromatic N) is 2. The van der Waals surface area contributed by atoms with Crippen molar-refractivity contribution in [3.63, 3.8) is 0 Å². The summed E-state index contributed by atoms with van der Waals surface area (Å²) in [4.78, 5) is 19.0. The van der Waals surface area contributed by atoms with Gasteiger partial charge in [0.2, 0.25) is 0 Å². The van der Waals surface area contributed by atoms with E-state index in [0.29, 0.717) is 25.1 Å². The number of aliphatic hydroxyl groups excluding tert-OH is 1. The highest BCUT2D eigenvalue weighted by Crippen LogP contribution is 2.20. The number of amides is 1.